The highest BCUT2D eigenvalue weighted by molar-refractivity contribution is 5.23. The Balaban J connectivity index is 1.54. The van der Waals surface area contributed by atoms with Crippen LogP contribution in [-0.4, -0.2) is 20.3 Å². The van der Waals surface area contributed by atoms with E-state index in [1.807, 2.05) is 6.07 Å². The van der Waals surface area contributed by atoms with Crippen LogP contribution in [0.25, 0.3) is 0 Å². The SMILES string of the molecule is Cc1nc(Cc2noc(C3(Cc4ccccc4)CCC3)n2)no1. The van der Waals surface area contributed by atoms with Crippen LogP contribution >= 0.6 is 0 Å². The second-order valence-electron chi connectivity index (χ2n) is 6.22. The molecule has 118 valence electrons. The van der Waals surface area contributed by atoms with Gasteiger partial charge in [-0.25, -0.2) is 0 Å². The highest BCUT2D eigenvalue weighted by Crippen LogP contribution is 2.45. The summed E-state index contributed by atoms with van der Waals surface area (Å²) in [6, 6.07) is 10.5. The van der Waals surface area contributed by atoms with Crippen molar-refractivity contribution in [2.45, 2.75) is 44.4 Å². The third-order valence-corrected chi connectivity index (χ3v) is 4.50. The topological polar surface area (TPSA) is 77.8 Å². The molecule has 0 saturated heterocycles. The van der Waals surface area contributed by atoms with Crippen molar-refractivity contribution >= 4 is 0 Å². The van der Waals surface area contributed by atoms with Crippen LogP contribution in [0, 0.1) is 6.92 Å². The van der Waals surface area contributed by atoms with Gasteiger partial charge in [0.25, 0.3) is 0 Å². The smallest absolute Gasteiger partial charge is 0.233 e. The summed E-state index contributed by atoms with van der Waals surface area (Å²) in [6.07, 6.45) is 4.75. The molecule has 2 aromatic heterocycles. The Bertz CT molecular complexity index is 790. The van der Waals surface area contributed by atoms with Crippen molar-refractivity contribution in [1.82, 2.24) is 20.3 Å². The summed E-state index contributed by atoms with van der Waals surface area (Å²) in [7, 11) is 0. The van der Waals surface area contributed by atoms with Gasteiger partial charge in [-0.15, -0.1) is 0 Å². The van der Waals surface area contributed by atoms with Crippen molar-refractivity contribution in [2.75, 3.05) is 0 Å². The standard InChI is InChI=1S/C17H18N4O2/c1-12-18-14(20-22-12)10-15-19-16(23-21-15)17(8-5-9-17)11-13-6-3-2-4-7-13/h2-4,6-7H,5,8-11H2,1H3. The van der Waals surface area contributed by atoms with Crippen molar-refractivity contribution in [3.63, 3.8) is 0 Å². The fourth-order valence-corrected chi connectivity index (χ4v) is 3.15. The van der Waals surface area contributed by atoms with Gasteiger partial charge in [-0.3, -0.25) is 0 Å². The van der Waals surface area contributed by atoms with E-state index in [0.717, 1.165) is 25.2 Å². The predicted octanol–water partition coefficient (Wildman–Crippen LogP) is 3.02. The first-order valence-corrected chi connectivity index (χ1v) is 7.90. The largest absolute Gasteiger partial charge is 0.340 e. The second kappa shape index (κ2) is 5.61. The molecule has 1 aromatic carbocycles. The monoisotopic (exact) mass is 310 g/mol. The lowest BCUT2D eigenvalue weighted by atomic mass is 9.65. The summed E-state index contributed by atoms with van der Waals surface area (Å²) in [5.74, 6) is 2.48. The Morgan fingerprint density at radius 3 is 2.39 bits per heavy atom. The van der Waals surface area contributed by atoms with Gasteiger partial charge in [0.05, 0.1) is 11.8 Å². The number of rotatable bonds is 5. The van der Waals surface area contributed by atoms with Gasteiger partial charge in [-0.2, -0.15) is 9.97 Å². The van der Waals surface area contributed by atoms with Crippen molar-refractivity contribution < 1.29 is 9.05 Å². The lowest BCUT2D eigenvalue weighted by Crippen LogP contribution is -2.37. The highest BCUT2D eigenvalue weighted by Gasteiger charge is 2.43. The number of aromatic nitrogens is 4. The number of hydrogen-bond acceptors (Lipinski definition) is 6. The van der Waals surface area contributed by atoms with E-state index in [4.69, 9.17) is 9.05 Å². The van der Waals surface area contributed by atoms with Crippen LogP contribution in [0.2, 0.25) is 0 Å². The fraction of sp³-hybridized carbons (Fsp3) is 0.412. The van der Waals surface area contributed by atoms with Gasteiger partial charge in [0.2, 0.25) is 11.8 Å². The molecule has 1 aliphatic carbocycles. The van der Waals surface area contributed by atoms with E-state index in [1.165, 1.54) is 12.0 Å². The van der Waals surface area contributed by atoms with Crippen LogP contribution in [0.5, 0.6) is 0 Å². The zero-order valence-corrected chi connectivity index (χ0v) is 13.0. The van der Waals surface area contributed by atoms with Gasteiger partial charge >= 0.3 is 0 Å². The zero-order chi connectivity index (χ0) is 15.7. The van der Waals surface area contributed by atoms with Gasteiger partial charge in [-0.05, 0) is 24.8 Å². The summed E-state index contributed by atoms with van der Waals surface area (Å²) in [6.45, 7) is 1.77. The van der Waals surface area contributed by atoms with Crippen LogP contribution < -0.4 is 0 Å². The van der Waals surface area contributed by atoms with Crippen molar-refractivity contribution in [3.05, 3.63) is 59.3 Å². The Morgan fingerprint density at radius 1 is 1.00 bits per heavy atom. The summed E-state index contributed by atoms with van der Waals surface area (Å²) < 4.78 is 10.6. The molecule has 0 radical (unpaired) electrons. The molecule has 0 N–H and O–H groups in total. The van der Waals surface area contributed by atoms with E-state index < -0.39 is 0 Å². The quantitative estimate of drug-likeness (QED) is 0.721. The number of hydrogen-bond donors (Lipinski definition) is 0. The Labute approximate surface area is 133 Å². The van der Waals surface area contributed by atoms with Crippen LogP contribution in [0.1, 0.15) is 48.3 Å². The summed E-state index contributed by atoms with van der Waals surface area (Å²) >= 11 is 0. The Kier molecular flexibility index (Phi) is 3.44. The van der Waals surface area contributed by atoms with Crippen molar-refractivity contribution in [3.8, 4) is 0 Å². The van der Waals surface area contributed by atoms with E-state index in [9.17, 15) is 0 Å². The van der Waals surface area contributed by atoms with Crippen LogP contribution in [0.3, 0.4) is 0 Å². The van der Waals surface area contributed by atoms with Crippen molar-refractivity contribution in [2.24, 2.45) is 0 Å². The molecule has 1 saturated carbocycles. The maximum absolute atomic E-state index is 5.58. The lowest BCUT2D eigenvalue weighted by molar-refractivity contribution is 0.173. The molecule has 1 fully saturated rings. The van der Waals surface area contributed by atoms with E-state index in [0.29, 0.717) is 24.0 Å². The predicted molar refractivity (Wildman–Crippen MR) is 81.8 cm³/mol. The maximum Gasteiger partial charge on any atom is 0.233 e. The summed E-state index contributed by atoms with van der Waals surface area (Å²) in [5, 5.41) is 7.98. The van der Waals surface area contributed by atoms with E-state index >= 15 is 0 Å². The minimum atomic E-state index is -0.0141. The minimum Gasteiger partial charge on any atom is -0.340 e. The van der Waals surface area contributed by atoms with Gasteiger partial charge < -0.3 is 9.05 Å². The van der Waals surface area contributed by atoms with Crippen LogP contribution in [-0.2, 0) is 18.3 Å². The number of nitrogens with zero attached hydrogens (tertiary/aromatic N) is 4. The molecule has 0 bridgehead atoms. The average Bonchev–Trinajstić information content (AvgIpc) is 3.14. The molecule has 4 rings (SSSR count). The van der Waals surface area contributed by atoms with E-state index in [-0.39, 0.29) is 5.41 Å². The molecule has 3 aromatic rings. The third kappa shape index (κ3) is 2.76. The zero-order valence-electron chi connectivity index (χ0n) is 13.0. The van der Waals surface area contributed by atoms with Gasteiger partial charge in [-0.1, -0.05) is 47.1 Å². The first-order valence-electron chi connectivity index (χ1n) is 7.90. The summed E-state index contributed by atoms with van der Waals surface area (Å²) in [5.41, 5.74) is 1.29. The molecule has 23 heavy (non-hydrogen) atoms. The van der Waals surface area contributed by atoms with E-state index in [1.54, 1.807) is 6.92 Å². The normalized spacial score (nSPS) is 16.2. The van der Waals surface area contributed by atoms with Crippen LogP contribution in [0.15, 0.2) is 39.4 Å². The number of benzene rings is 1. The molecule has 0 aliphatic heterocycles. The number of aryl methyl sites for hydroxylation is 1. The second-order valence-corrected chi connectivity index (χ2v) is 6.22. The average molecular weight is 310 g/mol. The van der Waals surface area contributed by atoms with E-state index in [2.05, 4.69) is 44.5 Å². The molecule has 6 heteroatoms. The molecule has 6 nitrogen and oxygen atoms in total. The molecule has 0 atom stereocenters. The molecular formula is C17H18N4O2. The third-order valence-electron chi connectivity index (χ3n) is 4.50. The molecule has 0 unspecified atom stereocenters. The molecule has 1 aliphatic rings. The molecular weight excluding hydrogens is 292 g/mol. The molecule has 0 spiro atoms. The highest BCUT2D eigenvalue weighted by atomic mass is 16.5. The Hall–Kier alpha value is -2.50. The van der Waals surface area contributed by atoms with Gasteiger partial charge in [0.15, 0.2) is 11.6 Å². The Morgan fingerprint density at radius 2 is 1.74 bits per heavy atom. The van der Waals surface area contributed by atoms with Crippen LogP contribution in [0.4, 0.5) is 0 Å². The van der Waals surface area contributed by atoms with Gasteiger partial charge in [0.1, 0.15) is 0 Å². The molecule has 2 heterocycles. The molecule has 0 amide bonds. The minimum absolute atomic E-state index is 0.0141. The maximum atomic E-state index is 5.58. The fourth-order valence-electron chi connectivity index (χ4n) is 3.15. The lowest BCUT2D eigenvalue weighted by Gasteiger charge is -2.38. The van der Waals surface area contributed by atoms with Crippen molar-refractivity contribution in [1.29, 1.82) is 0 Å². The van der Waals surface area contributed by atoms with Gasteiger partial charge in [0, 0.05) is 6.92 Å². The summed E-state index contributed by atoms with van der Waals surface area (Å²) in [4.78, 5) is 8.79. The first-order chi connectivity index (χ1) is 11.2. The first kappa shape index (κ1) is 14.1.